The maximum Gasteiger partial charge on any atom is 0.317 e. The van der Waals surface area contributed by atoms with Gasteiger partial charge in [0.1, 0.15) is 0 Å². The summed E-state index contributed by atoms with van der Waals surface area (Å²) in [6.07, 6.45) is 1.59. The zero-order valence-electron chi connectivity index (χ0n) is 11.0. The molecule has 104 valence electrons. The second-order valence-electron chi connectivity index (χ2n) is 4.85. The smallest absolute Gasteiger partial charge is 0.317 e. The average Bonchev–Trinajstić information content (AvgIpc) is 2.86. The van der Waals surface area contributed by atoms with Crippen molar-refractivity contribution in [3.63, 3.8) is 0 Å². The summed E-state index contributed by atoms with van der Waals surface area (Å²) in [4.78, 5) is 23.9. The van der Waals surface area contributed by atoms with Crippen molar-refractivity contribution in [3.8, 4) is 0 Å². The maximum absolute atomic E-state index is 11.8. The van der Waals surface area contributed by atoms with Crippen molar-refractivity contribution in [2.24, 2.45) is 5.92 Å². The second-order valence-corrected chi connectivity index (χ2v) is 4.85. The number of aliphatic carboxylic acids is 1. The third-order valence-electron chi connectivity index (χ3n) is 3.23. The standard InChI is InChI=1S/C12H22N2O4/c1-9(3-4-11(15)16)7-13-12(17)14(2)10-5-6-18-8-10/h9-10H,3-8H2,1-2H3,(H,13,17)(H,15,16). The summed E-state index contributed by atoms with van der Waals surface area (Å²) in [6.45, 7) is 3.74. The Bertz CT molecular complexity index is 290. The topological polar surface area (TPSA) is 78.9 Å². The summed E-state index contributed by atoms with van der Waals surface area (Å²) in [5, 5.41) is 11.4. The van der Waals surface area contributed by atoms with E-state index in [4.69, 9.17) is 9.84 Å². The van der Waals surface area contributed by atoms with Gasteiger partial charge in [-0.2, -0.15) is 0 Å². The summed E-state index contributed by atoms with van der Waals surface area (Å²) >= 11 is 0. The number of carbonyl (C=O) groups is 2. The number of carboxylic acid groups (broad SMARTS) is 1. The van der Waals surface area contributed by atoms with Gasteiger partial charge in [0, 0.05) is 26.6 Å². The normalized spacial score (nSPS) is 20.4. The highest BCUT2D eigenvalue weighted by molar-refractivity contribution is 5.74. The molecule has 6 heteroatoms. The lowest BCUT2D eigenvalue weighted by molar-refractivity contribution is -0.137. The zero-order valence-corrected chi connectivity index (χ0v) is 11.0. The van der Waals surface area contributed by atoms with Gasteiger partial charge in [-0.15, -0.1) is 0 Å². The van der Waals surface area contributed by atoms with Crippen LogP contribution in [0.4, 0.5) is 4.79 Å². The third kappa shape index (κ3) is 4.91. The van der Waals surface area contributed by atoms with Crippen molar-refractivity contribution in [2.45, 2.75) is 32.2 Å². The molecule has 2 atom stereocenters. The first kappa shape index (κ1) is 14.8. The van der Waals surface area contributed by atoms with Crippen molar-refractivity contribution < 1.29 is 19.4 Å². The van der Waals surface area contributed by atoms with Crippen LogP contribution in [0.1, 0.15) is 26.2 Å². The minimum atomic E-state index is -0.798. The fraction of sp³-hybridized carbons (Fsp3) is 0.833. The van der Waals surface area contributed by atoms with Gasteiger partial charge >= 0.3 is 12.0 Å². The SMILES string of the molecule is CC(CCC(=O)O)CNC(=O)N(C)C1CCOC1. The van der Waals surface area contributed by atoms with Crippen LogP contribution in [0.5, 0.6) is 0 Å². The molecule has 1 aliphatic rings. The largest absolute Gasteiger partial charge is 0.481 e. The van der Waals surface area contributed by atoms with Crippen LogP contribution in [0.15, 0.2) is 0 Å². The Kier molecular flexibility index (Phi) is 5.91. The molecule has 0 bridgehead atoms. The number of amides is 2. The molecule has 18 heavy (non-hydrogen) atoms. The Morgan fingerprint density at radius 1 is 1.56 bits per heavy atom. The predicted molar refractivity (Wildman–Crippen MR) is 66.4 cm³/mol. The number of ether oxygens (including phenoxy) is 1. The molecule has 1 fully saturated rings. The Labute approximate surface area is 107 Å². The van der Waals surface area contributed by atoms with E-state index >= 15 is 0 Å². The number of carboxylic acids is 1. The molecule has 0 saturated carbocycles. The van der Waals surface area contributed by atoms with Crippen molar-refractivity contribution in [1.82, 2.24) is 10.2 Å². The van der Waals surface area contributed by atoms with Gasteiger partial charge in [-0.05, 0) is 18.8 Å². The molecule has 1 saturated heterocycles. The van der Waals surface area contributed by atoms with Crippen LogP contribution >= 0.6 is 0 Å². The van der Waals surface area contributed by atoms with Crippen molar-refractivity contribution in [1.29, 1.82) is 0 Å². The van der Waals surface area contributed by atoms with Crippen molar-refractivity contribution >= 4 is 12.0 Å². The molecule has 0 aromatic heterocycles. The van der Waals surface area contributed by atoms with Crippen molar-refractivity contribution in [3.05, 3.63) is 0 Å². The highest BCUT2D eigenvalue weighted by Crippen LogP contribution is 2.11. The van der Waals surface area contributed by atoms with E-state index in [0.29, 0.717) is 26.2 Å². The van der Waals surface area contributed by atoms with E-state index in [1.807, 2.05) is 6.92 Å². The average molecular weight is 258 g/mol. The van der Waals surface area contributed by atoms with Gasteiger partial charge < -0.3 is 20.1 Å². The summed E-state index contributed by atoms with van der Waals surface area (Å²) < 4.78 is 5.23. The molecule has 0 aromatic carbocycles. The van der Waals surface area contributed by atoms with Gasteiger partial charge in [-0.1, -0.05) is 6.92 Å². The molecular formula is C12H22N2O4. The number of rotatable bonds is 6. The lowest BCUT2D eigenvalue weighted by atomic mass is 10.1. The first-order valence-electron chi connectivity index (χ1n) is 6.31. The Balaban J connectivity index is 2.20. The fourth-order valence-corrected chi connectivity index (χ4v) is 1.85. The van der Waals surface area contributed by atoms with Gasteiger partial charge in [-0.3, -0.25) is 4.79 Å². The van der Waals surface area contributed by atoms with Gasteiger partial charge in [0.05, 0.1) is 12.6 Å². The maximum atomic E-state index is 11.8. The van der Waals surface area contributed by atoms with E-state index in [1.54, 1.807) is 11.9 Å². The number of nitrogens with zero attached hydrogens (tertiary/aromatic N) is 1. The fourth-order valence-electron chi connectivity index (χ4n) is 1.85. The van der Waals surface area contributed by atoms with Crippen LogP contribution < -0.4 is 5.32 Å². The summed E-state index contributed by atoms with van der Waals surface area (Å²) in [5.74, 6) is -0.633. The molecule has 0 radical (unpaired) electrons. The minimum Gasteiger partial charge on any atom is -0.481 e. The molecule has 6 nitrogen and oxygen atoms in total. The minimum absolute atomic E-state index is 0.118. The Morgan fingerprint density at radius 3 is 2.83 bits per heavy atom. The number of urea groups is 1. The van der Waals surface area contributed by atoms with Crippen molar-refractivity contribution in [2.75, 3.05) is 26.8 Å². The molecule has 1 heterocycles. The van der Waals surface area contributed by atoms with Crippen LogP contribution in [-0.2, 0) is 9.53 Å². The van der Waals surface area contributed by atoms with E-state index in [0.717, 1.165) is 6.42 Å². The summed E-state index contributed by atoms with van der Waals surface area (Å²) in [6, 6.07) is 0.0343. The van der Waals surface area contributed by atoms with Crippen LogP contribution in [-0.4, -0.2) is 54.9 Å². The van der Waals surface area contributed by atoms with E-state index < -0.39 is 5.97 Å². The van der Waals surface area contributed by atoms with Crippen LogP contribution in [0.3, 0.4) is 0 Å². The monoisotopic (exact) mass is 258 g/mol. The highest BCUT2D eigenvalue weighted by atomic mass is 16.5. The van der Waals surface area contributed by atoms with E-state index in [2.05, 4.69) is 5.32 Å². The van der Waals surface area contributed by atoms with Gasteiger partial charge in [0.15, 0.2) is 0 Å². The van der Waals surface area contributed by atoms with Crippen LogP contribution in [0, 0.1) is 5.92 Å². The zero-order chi connectivity index (χ0) is 13.5. The first-order chi connectivity index (χ1) is 8.50. The molecule has 1 aliphatic heterocycles. The first-order valence-corrected chi connectivity index (χ1v) is 6.31. The molecule has 0 spiro atoms. The number of hydrogen-bond acceptors (Lipinski definition) is 3. The number of likely N-dealkylation sites (N-methyl/N-ethyl adjacent to an activating group) is 1. The van der Waals surface area contributed by atoms with Gasteiger partial charge in [-0.25, -0.2) is 4.79 Å². The summed E-state index contributed by atoms with van der Waals surface area (Å²) in [7, 11) is 1.76. The van der Waals surface area contributed by atoms with E-state index in [1.165, 1.54) is 0 Å². The molecule has 2 amide bonds. The van der Waals surface area contributed by atoms with E-state index in [-0.39, 0.29) is 24.4 Å². The Hall–Kier alpha value is -1.30. The second kappa shape index (κ2) is 7.20. The molecule has 0 aromatic rings. The van der Waals surface area contributed by atoms with Crippen LogP contribution in [0.25, 0.3) is 0 Å². The molecule has 2 unspecified atom stereocenters. The van der Waals surface area contributed by atoms with E-state index in [9.17, 15) is 9.59 Å². The van der Waals surface area contributed by atoms with Crippen LogP contribution in [0.2, 0.25) is 0 Å². The third-order valence-corrected chi connectivity index (χ3v) is 3.23. The van der Waals surface area contributed by atoms with Gasteiger partial charge in [0.25, 0.3) is 0 Å². The summed E-state index contributed by atoms with van der Waals surface area (Å²) in [5.41, 5.74) is 0. The molecular weight excluding hydrogens is 236 g/mol. The molecule has 1 rings (SSSR count). The lowest BCUT2D eigenvalue weighted by Crippen LogP contribution is -2.45. The molecule has 2 N–H and O–H groups in total. The highest BCUT2D eigenvalue weighted by Gasteiger charge is 2.24. The quantitative estimate of drug-likeness (QED) is 0.742. The van der Waals surface area contributed by atoms with Gasteiger partial charge in [0.2, 0.25) is 0 Å². The number of nitrogens with one attached hydrogen (secondary N) is 1. The lowest BCUT2D eigenvalue weighted by Gasteiger charge is -2.24. The number of hydrogen-bond donors (Lipinski definition) is 2. The number of carbonyl (C=O) groups excluding carboxylic acids is 1. The molecule has 0 aliphatic carbocycles. The predicted octanol–water partition coefficient (Wildman–Crippen LogP) is 0.918. The Morgan fingerprint density at radius 2 is 2.28 bits per heavy atom.